The summed E-state index contributed by atoms with van der Waals surface area (Å²) in [6.07, 6.45) is -3.86. The van der Waals surface area contributed by atoms with Crippen molar-refractivity contribution in [1.82, 2.24) is 19.7 Å². The molecule has 0 spiro atoms. The number of carbonyl (C=O) groups is 3. The highest BCUT2D eigenvalue weighted by Crippen LogP contribution is 2.32. The van der Waals surface area contributed by atoms with E-state index >= 15 is 0 Å². The van der Waals surface area contributed by atoms with Gasteiger partial charge in [0.25, 0.3) is 0 Å². The lowest BCUT2D eigenvalue weighted by Gasteiger charge is -2.33. The second kappa shape index (κ2) is 18.4. The molecule has 1 atom stereocenters. The van der Waals surface area contributed by atoms with Gasteiger partial charge in [0.15, 0.2) is 0 Å². The van der Waals surface area contributed by atoms with E-state index in [9.17, 15) is 39.5 Å². The predicted molar refractivity (Wildman–Crippen MR) is 143 cm³/mol. The third-order valence-electron chi connectivity index (χ3n) is 6.50. The Morgan fingerprint density at radius 2 is 1.40 bits per heavy atom. The average Bonchev–Trinajstić information content (AvgIpc) is 3.62. The van der Waals surface area contributed by atoms with Crippen LogP contribution in [0.5, 0.6) is 0 Å². The molecule has 1 aliphatic carbocycles. The summed E-state index contributed by atoms with van der Waals surface area (Å²) in [7, 11) is 0. The van der Waals surface area contributed by atoms with Gasteiger partial charge in [-0.3, -0.25) is 14.6 Å². The van der Waals surface area contributed by atoms with Gasteiger partial charge in [-0.05, 0) is 37.3 Å². The first-order valence-electron chi connectivity index (χ1n) is 13.8. The third kappa shape index (κ3) is 15.5. The van der Waals surface area contributed by atoms with Gasteiger partial charge in [0.2, 0.25) is 0 Å². The summed E-state index contributed by atoms with van der Waals surface area (Å²) < 4.78 is 103. The van der Waals surface area contributed by atoms with Crippen LogP contribution in [0.1, 0.15) is 55.3 Å². The Morgan fingerprint density at radius 3 is 1.83 bits per heavy atom. The number of rotatable bonds is 7. The summed E-state index contributed by atoms with van der Waals surface area (Å²) >= 11 is 0. The zero-order chi connectivity index (χ0) is 36.0. The molecule has 1 saturated carbocycles. The molecule has 0 bridgehead atoms. The average molecular weight is 697 g/mol. The van der Waals surface area contributed by atoms with Crippen molar-refractivity contribution in [3.05, 3.63) is 47.5 Å². The molecule has 11 nitrogen and oxygen atoms in total. The van der Waals surface area contributed by atoms with Gasteiger partial charge >= 0.3 is 36.4 Å². The maximum Gasteiger partial charge on any atom is 0.490 e. The van der Waals surface area contributed by atoms with Gasteiger partial charge in [-0.25, -0.2) is 14.4 Å². The summed E-state index contributed by atoms with van der Waals surface area (Å²) in [6, 6.07) is 4.17. The van der Waals surface area contributed by atoms with Crippen LogP contribution >= 0.6 is 0 Å². The van der Waals surface area contributed by atoms with E-state index in [0.29, 0.717) is 5.92 Å². The van der Waals surface area contributed by atoms with E-state index in [4.69, 9.17) is 39.5 Å². The maximum atomic E-state index is 10.6. The Morgan fingerprint density at radius 1 is 0.894 bits per heavy atom. The minimum absolute atomic E-state index is 0.402. The molecule has 2 aromatic rings. The van der Waals surface area contributed by atoms with Crippen molar-refractivity contribution in [2.45, 2.75) is 76.7 Å². The van der Waals surface area contributed by atoms with Crippen molar-refractivity contribution >= 4 is 17.9 Å². The first kappa shape index (κ1) is 41.1. The van der Waals surface area contributed by atoms with Crippen LogP contribution in [0.25, 0.3) is 0 Å². The van der Waals surface area contributed by atoms with Gasteiger partial charge in [-0.1, -0.05) is 18.9 Å². The summed E-state index contributed by atoms with van der Waals surface area (Å²) in [6.45, 7) is 7.64. The molecule has 20 heteroatoms. The molecule has 1 unspecified atom stereocenters. The van der Waals surface area contributed by atoms with Crippen LogP contribution in [-0.2, 0) is 38.8 Å². The minimum atomic E-state index is -5.08. The van der Waals surface area contributed by atoms with Crippen molar-refractivity contribution in [2.24, 2.45) is 5.92 Å². The third-order valence-corrected chi connectivity index (χ3v) is 6.50. The van der Waals surface area contributed by atoms with Crippen molar-refractivity contribution in [3.8, 4) is 0 Å². The van der Waals surface area contributed by atoms with Gasteiger partial charge in [0, 0.05) is 62.4 Å². The molecule has 0 aromatic carbocycles. The van der Waals surface area contributed by atoms with Crippen molar-refractivity contribution in [2.75, 3.05) is 19.8 Å². The molecule has 3 heterocycles. The van der Waals surface area contributed by atoms with Crippen LogP contribution in [0, 0.1) is 5.92 Å². The number of pyridine rings is 1. The van der Waals surface area contributed by atoms with Crippen LogP contribution in [0.4, 0.5) is 39.5 Å². The fourth-order valence-corrected chi connectivity index (χ4v) is 4.58. The first-order chi connectivity index (χ1) is 21.7. The summed E-state index contributed by atoms with van der Waals surface area (Å²) in [5.41, 5.74) is 4.07. The quantitative estimate of drug-likeness (QED) is 0.316. The molecule has 4 rings (SSSR count). The fourth-order valence-electron chi connectivity index (χ4n) is 4.58. The van der Waals surface area contributed by atoms with Crippen LogP contribution in [0.2, 0.25) is 0 Å². The largest absolute Gasteiger partial charge is 0.490 e. The lowest BCUT2D eigenvalue weighted by atomic mass is 9.96. The van der Waals surface area contributed by atoms with E-state index in [0.717, 1.165) is 45.3 Å². The SMILES string of the molecule is CCOCC1CN(Cc2cccnc2)Cc2cnn(CC3CCCC3)c21.O=C(O)C(F)(F)F.O=C(O)C(F)(F)F.O=C(O)C(F)(F)F. The number of alkyl halides is 9. The van der Waals surface area contributed by atoms with Gasteiger partial charge in [-0.2, -0.15) is 44.6 Å². The molecular weight excluding hydrogens is 663 g/mol. The fraction of sp³-hybridized carbons (Fsp3) is 0.593. The maximum absolute atomic E-state index is 10.6. The molecular formula is C27H33F9N4O7. The van der Waals surface area contributed by atoms with Crippen molar-refractivity contribution in [1.29, 1.82) is 0 Å². The number of carboxylic acids is 3. The summed E-state index contributed by atoms with van der Waals surface area (Å²) in [5.74, 6) is -7.06. The minimum Gasteiger partial charge on any atom is -0.475 e. The van der Waals surface area contributed by atoms with Gasteiger partial charge in [0.1, 0.15) is 0 Å². The smallest absolute Gasteiger partial charge is 0.475 e. The Bertz CT molecular complexity index is 1210. The van der Waals surface area contributed by atoms with Crippen molar-refractivity contribution < 1.29 is 74.0 Å². The van der Waals surface area contributed by atoms with E-state index < -0.39 is 36.4 Å². The highest BCUT2D eigenvalue weighted by Gasteiger charge is 2.39. The molecule has 2 aliphatic rings. The van der Waals surface area contributed by atoms with E-state index in [1.54, 1.807) is 0 Å². The Balaban J connectivity index is 0.000000430. The number of fused-ring (bicyclic) bond motifs is 1. The molecule has 47 heavy (non-hydrogen) atoms. The number of nitrogens with zero attached hydrogens (tertiary/aromatic N) is 4. The highest BCUT2D eigenvalue weighted by atomic mass is 19.4. The molecule has 1 fully saturated rings. The monoisotopic (exact) mass is 696 g/mol. The van der Waals surface area contributed by atoms with E-state index in [1.165, 1.54) is 42.5 Å². The van der Waals surface area contributed by atoms with Crippen LogP contribution in [0.3, 0.4) is 0 Å². The zero-order valence-corrected chi connectivity index (χ0v) is 24.8. The number of hydrogen-bond acceptors (Lipinski definition) is 7. The normalized spacial score (nSPS) is 16.8. The molecule has 1 aliphatic heterocycles. The van der Waals surface area contributed by atoms with Crippen LogP contribution < -0.4 is 0 Å². The zero-order valence-electron chi connectivity index (χ0n) is 24.8. The molecule has 0 saturated heterocycles. The highest BCUT2D eigenvalue weighted by molar-refractivity contribution is 5.73. The van der Waals surface area contributed by atoms with Gasteiger partial charge < -0.3 is 20.1 Å². The summed E-state index contributed by atoms with van der Waals surface area (Å²) in [5, 5.41) is 26.2. The molecule has 0 radical (unpaired) electrons. The second-order valence-electron chi connectivity index (χ2n) is 10.2. The second-order valence-corrected chi connectivity index (χ2v) is 10.2. The van der Waals surface area contributed by atoms with E-state index in [2.05, 4.69) is 33.8 Å². The number of aromatic nitrogens is 3. The first-order valence-corrected chi connectivity index (χ1v) is 13.8. The van der Waals surface area contributed by atoms with Gasteiger partial charge in [0.05, 0.1) is 12.8 Å². The Labute approximate surface area is 261 Å². The lowest BCUT2D eigenvalue weighted by Crippen LogP contribution is -2.36. The Hall–Kier alpha value is -3.94. The number of halogens is 9. The Kier molecular flexibility index (Phi) is 16.1. The molecule has 3 N–H and O–H groups in total. The molecule has 0 amide bonds. The van der Waals surface area contributed by atoms with E-state index in [-0.39, 0.29) is 0 Å². The molecule has 2 aromatic heterocycles. The summed E-state index contributed by atoms with van der Waals surface area (Å²) in [4.78, 5) is 33.4. The number of ether oxygens (including phenoxy) is 1. The van der Waals surface area contributed by atoms with Crippen LogP contribution in [0.15, 0.2) is 30.7 Å². The topological polar surface area (TPSA) is 155 Å². The number of hydrogen-bond donors (Lipinski definition) is 3. The van der Waals surface area contributed by atoms with Gasteiger partial charge in [-0.15, -0.1) is 0 Å². The number of aliphatic carboxylic acids is 3. The standard InChI is InChI=1S/C21H30N4O.3C2HF3O2/c1-2-26-16-20-15-24(12-18-8-5-9-22-10-18)14-19-11-23-25(21(19)20)13-17-6-3-4-7-17;3*3-2(4,5)1(6)7/h5,8-11,17,20H,2-4,6-7,12-16H2,1H3;3*(H,6,7). The lowest BCUT2D eigenvalue weighted by molar-refractivity contribution is -0.193. The molecule has 266 valence electrons. The van der Waals surface area contributed by atoms with Crippen molar-refractivity contribution in [3.63, 3.8) is 0 Å². The van der Waals surface area contributed by atoms with E-state index in [1.807, 2.05) is 18.5 Å². The number of carboxylic acid groups (broad SMARTS) is 3. The van der Waals surface area contributed by atoms with Crippen LogP contribution in [-0.4, -0.2) is 91.2 Å². The predicted octanol–water partition coefficient (Wildman–Crippen LogP) is 5.50.